The van der Waals surface area contributed by atoms with Gasteiger partial charge in [-0.1, -0.05) is 20.3 Å². The van der Waals surface area contributed by atoms with E-state index in [0.29, 0.717) is 18.1 Å². The number of ketones is 1. The van der Waals surface area contributed by atoms with Crippen molar-refractivity contribution in [2.24, 2.45) is 17.8 Å². The first-order valence-corrected chi connectivity index (χ1v) is 5.07. The standard InChI is InChI=1S/C11H17NO/c1-8(2)3-5-10-9(7-12)4-6-11(10)13/h8-10H,3-6H2,1-2H3. The first-order valence-electron chi connectivity index (χ1n) is 5.07. The minimum absolute atomic E-state index is 0.00579. The van der Waals surface area contributed by atoms with Gasteiger partial charge in [0.05, 0.1) is 12.0 Å². The van der Waals surface area contributed by atoms with E-state index in [1.165, 1.54) is 0 Å². The van der Waals surface area contributed by atoms with E-state index in [-0.39, 0.29) is 11.8 Å². The molecule has 0 bridgehead atoms. The minimum Gasteiger partial charge on any atom is -0.299 e. The van der Waals surface area contributed by atoms with Crippen molar-refractivity contribution in [2.75, 3.05) is 0 Å². The van der Waals surface area contributed by atoms with Crippen LogP contribution < -0.4 is 0 Å². The van der Waals surface area contributed by atoms with Crippen LogP contribution in [0.5, 0.6) is 0 Å². The zero-order chi connectivity index (χ0) is 9.84. The summed E-state index contributed by atoms with van der Waals surface area (Å²) in [5.74, 6) is 0.999. The van der Waals surface area contributed by atoms with E-state index in [0.717, 1.165) is 19.3 Å². The Hall–Kier alpha value is -0.840. The van der Waals surface area contributed by atoms with Crippen LogP contribution in [0.15, 0.2) is 0 Å². The van der Waals surface area contributed by atoms with Gasteiger partial charge in [0, 0.05) is 12.3 Å². The van der Waals surface area contributed by atoms with Crippen LogP contribution in [0.25, 0.3) is 0 Å². The maximum Gasteiger partial charge on any atom is 0.137 e. The van der Waals surface area contributed by atoms with Crippen LogP contribution in [0.4, 0.5) is 0 Å². The molecule has 0 amide bonds. The SMILES string of the molecule is CC(C)CCC1C(=O)CCC1C#N. The lowest BCUT2D eigenvalue weighted by Gasteiger charge is -2.12. The lowest BCUT2D eigenvalue weighted by molar-refractivity contribution is -0.121. The third-order valence-corrected chi connectivity index (χ3v) is 2.82. The summed E-state index contributed by atoms with van der Waals surface area (Å²) < 4.78 is 0. The summed E-state index contributed by atoms with van der Waals surface area (Å²) in [6.07, 6.45) is 3.39. The number of hydrogen-bond donors (Lipinski definition) is 0. The van der Waals surface area contributed by atoms with E-state index in [1.54, 1.807) is 0 Å². The van der Waals surface area contributed by atoms with Crippen molar-refractivity contribution in [1.29, 1.82) is 5.26 Å². The number of Topliss-reactive ketones (excluding diaryl/α,β-unsaturated/α-hetero) is 1. The Morgan fingerprint density at radius 1 is 1.62 bits per heavy atom. The molecule has 72 valence electrons. The van der Waals surface area contributed by atoms with Gasteiger partial charge in [0.1, 0.15) is 5.78 Å². The van der Waals surface area contributed by atoms with Gasteiger partial charge in [-0.2, -0.15) is 5.26 Å². The fraction of sp³-hybridized carbons (Fsp3) is 0.818. The Kier molecular flexibility index (Phi) is 3.48. The van der Waals surface area contributed by atoms with E-state index in [2.05, 4.69) is 19.9 Å². The molecule has 1 fully saturated rings. The first kappa shape index (κ1) is 10.2. The second kappa shape index (κ2) is 4.41. The number of carbonyl (C=O) groups excluding carboxylic acids is 1. The highest BCUT2D eigenvalue weighted by molar-refractivity contribution is 5.83. The molecule has 0 N–H and O–H groups in total. The Balaban J connectivity index is 2.46. The molecule has 1 aliphatic carbocycles. The predicted molar refractivity (Wildman–Crippen MR) is 50.9 cm³/mol. The molecule has 0 aromatic heterocycles. The molecule has 2 unspecified atom stereocenters. The molecule has 0 spiro atoms. The lowest BCUT2D eigenvalue weighted by Crippen LogP contribution is -2.14. The number of carbonyl (C=O) groups is 1. The van der Waals surface area contributed by atoms with Crippen molar-refractivity contribution in [3.63, 3.8) is 0 Å². The predicted octanol–water partition coefficient (Wildman–Crippen LogP) is 2.54. The average Bonchev–Trinajstić information content (AvgIpc) is 2.43. The fourth-order valence-corrected chi connectivity index (χ4v) is 1.94. The van der Waals surface area contributed by atoms with Crippen LogP contribution in [0.3, 0.4) is 0 Å². The molecule has 2 atom stereocenters. The molecule has 0 radical (unpaired) electrons. The lowest BCUT2D eigenvalue weighted by atomic mass is 9.89. The van der Waals surface area contributed by atoms with Gasteiger partial charge in [-0.3, -0.25) is 4.79 Å². The van der Waals surface area contributed by atoms with E-state index < -0.39 is 0 Å². The zero-order valence-electron chi connectivity index (χ0n) is 8.42. The quantitative estimate of drug-likeness (QED) is 0.668. The van der Waals surface area contributed by atoms with Gasteiger partial charge in [0.15, 0.2) is 0 Å². The molecule has 0 heterocycles. The van der Waals surface area contributed by atoms with Crippen molar-refractivity contribution in [3.8, 4) is 6.07 Å². The summed E-state index contributed by atoms with van der Waals surface area (Å²) in [6.45, 7) is 4.31. The molecule has 2 heteroatoms. The van der Waals surface area contributed by atoms with Gasteiger partial charge in [-0.15, -0.1) is 0 Å². The topological polar surface area (TPSA) is 40.9 Å². The number of hydrogen-bond acceptors (Lipinski definition) is 2. The van der Waals surface area contributed by atoms with Gasteiger partial charge in [-0.25, -0.2) is 0 Å². The van der Waals surface area contributed by atoms with E-state index in [1.807, 2.05) is 0 Å². The molecule has 13 heavy (non-hydrogen) atoms. The molecular weight excluding hydrogens is 162 g/mol. The van der Waals surface area contributed by atoms with E-state index >= 15 is 0 Å². The third-order valence-electron chi connectivity index (χ3n) is 2.82. The molecule has 0 saturated heterocycles. The molecule has 2 nitrogen and oxygen atoms in total. The van der Waals surface area contributed by atoms with Crippen molar-refractivity contribution in [2.45, 2.75) is 39.5 Å². The average molecular weight is 179 g/mol. The van der Waals surface area contributed by atoms with Gasteiger partial charge >= 0.3 is 0 Å². The number of rotatable bonds is 3. The van der Waals surface area contributed by atoms with Gasteiger partial charge in [-0.05, 0) is 18.8 Å². The summed E-state index contributed by atoms with van der Waals surface area (Å²) in [7, 11) is 0. The normalized spacial score (nSPS) is 28.0. The fourth-order valence-electron chi connectivity index (χ4n) is 1.94. The molecule has 0 aliphatic heterocycles. The second-order valence-electron chi connectivity index (χ2n) is 4.32. The van der Waals surface area contributed by atoms with Crippen LogP contribution in [0.2, 0.25) is 0 Å². The van der Waals surface area contributed by atoms with Crippen molar-refractivity contribution in [1.82, 2.24) is 0 Å². The van der Waals surface area contributed by atoms with Crippen molar-refractivity contribution in [3.05, 3.63) is 0 Å². The van der Waals surface area contributed by atoms with E-state index in [9.17, 15) is 4.79 Å². The van der Waals surface area contributed by atoms with Crippen molar-refractivity contribution < 1.29 is 4.79 Å². The first-order chi connectivity index (χ1) is 6.15. The van der Waals surface area contributed by atoms with Gasteiger partial charge in [0.25, 0.3) is 0 Å². The highest BCUT2D eigenvalue weighted by Crippen LogP contribution is 2.32. The Morgan fingerprint density at radius 2 is 2.31 bits per heavy atom. The van der Waals surface area contributed by atoms with Crippen LogP contribution in [-0.2, 0) is 4.79 Å². The highest BCUT2D eigenvalue weighted by Gasteiger charge is 2.33. The van der Waals surface area contributed by atoms with Gasteiger partial charge < -0.3 is 0 Å². The zero-order valence-corrected chi connectivity index (χ0v) is 8.42. The van der Waals surface area contributed by atoms with Gasteiger partial charge in [0.2, 0.25) is 0 Å². The maximum absolute atomic E-state index is 11.4. The largest absolute Gasteiger partial charge is 0.299 e. The minimum atomic E-state index is 0.00579. The maximum atomic E-state index is 11.4. The smallest absolute Gasteiger partial charge is 0.137 e. The summed E-state index contributed by atoms with van der Waals surface area (Å²) in [5, 5.41) is 8.82. The summed E-state index contributed by atoms with van der Waals surface area (Å²) in [6, 6.07) is 2.25. The number of nitrogens with zero attached hydrogens (tertiary/aromatic N) is 1. The molecule has 1 saturated carbocycles. The summed E-state index contributed by atoms with van der Waals surface area (Å²) in [5.41, 5.74) is 0. The molecule has 0 aromatic carbocycles. The summed E-state index contributed by atoms with van der Waals surface area (Å²) in [4.78, 5) is 11.4. The molecular formula is C11H17NO. The molecule has 1 aliphatic rings. The number of nitriles is 1. The van der Waals surface area contributed by atoms with Crippen LogP contribution >= 0.6 is 0 Å². The van der Waals surface area contributed by atoms with E-state index in [4.69, 9.17) is 5.26 Å². The van der Waals surface area contributed by atoms with Crippen molar-refractivity contribution >= 4 is 5.78 Å². The third kappa shape index (κ3) is 2.55. The molecule has 0 aromatic rings. The van der Waals surface area contributed by atoms with Crippen LogP contribution in [0, 0.1) is 29.1 Å². The van der Waals surface area contributed by atoms with Crippen LogP contribution in [0.1, 0.15) is 39.5 Å². The Labute approximate surface area is 79.9 Å². The van der Waals surface area contributed by atoms with Crippen LogP contribution in [-0.4, -0.2) is 5.78 Å². The Bertz CT molecular complexity index is 227. The summed E-state index contributed by atoms with van der Waals surface area (Å²) >= 11 is 0. The highest BCUT2D eigenvalue weighted by atomic mass is 16.1. The molecule has 1 rings (SSSR count). The monoisotopic (exact) mass is 179 g/mol. The Morgan fingerprint density at radius 3 is 2.85 bits per heavy atom. The second-order valence-corrected chi connectivity index (χ2v) is 4.32.